The lowest BCUT2D eigenvalue weighted by Gasteiger charge is -2.09. The Labute approximate surface area is 176 Å². The van der Waals surface area contributed by atoms with Crippen LogP contribution in [0, 0.1) is 13.8 Å². The number of hydrogen-bond acceptors (Lipinski definition) is 7. The highest BCUT2D eigenvalue weighted by Crippen LogP contribution is 2.29. The van der Waals surface area contributed by atoms with Crippen LogP contribution in [0.15, 0.2) is 66.7 Å². The first-order valence-electron chi connectivity index (χ1n) is 9.48. The van der Waals surface area contributed by atoms with Crippen molar-refractivity contribution in [1.82, 2.24) is 9.78 Å². The number of nitrogens with zero attached hydrogens (tertiary/aromatic N) is 3. The van der Waals surface area contributed by atoms with Gasteiger partial charge in [0.1, 0.15) is 17.1 Å². The third-order valence-electron chi connectivity index (χ3n) is 4.96. The number of ether oxygens (including phenoxy) is 1. The Morgan fingerprint density at radius 1 is 1.10 bits per heavy atom. The highest BCUT2D eigenvalue weighted by Gasteiger charge is 2.17. The third kappa shape index (κ3) is 3.85. The van der Waals surface area contributed by atoms with Crippen molar-refractivity contribution in [2.75, 3.05) is 7.11 Å². The summed E-state index contributed by atoms with van der Waals surface area (Å²) < 4.78 is 11.7. The van der Waals surface area contributed by atoms with Crippen LogP contribution >= 0.6 is 0 Å². The average molecular weight is 420 g/mol. The average Bonchev–Trinajstić information content (AvgIpc) is 3.01. The zero-order valence-electron chi connectivity index (χ0n) is 17.2. The number of H-pyrrole nitrogens is 1. The number of benzene rings is 2. The molecule has 0 bridgehead atoms. The summed E-state index contributed by atoms with van der Waals surface area (Å²) in [6.07, 6.45) is 0. The molecule has 0 aliphatic rings. The van der Waals surface area contributed by atoms with Crippen molar-refractivity contribution < 1.29 is 14.3 Å². The number of methoxy groups -OCH3 is 1. The van der Waals surface area contributed by atoms with Crippen LogP contribution in [0.25, 0.3) is 11.0 Å². The van der Waals surface area contributed by atoms with Crippen LogP contribution in [0.3, 0.4) is 0 Å². The van der Waals surface area contributed by atoms with Gasteiger partial charge in [0.05, 0.1) is 30.6 Å². The Morgan fingerprint density at radius 3 is 2.55 bits per heavy atom. The normalized spacial score (nSPS) is 11.5. The maximum absolute atomic E-state index is 12.9. The summed E-state index contributed by atoms with van der Waals surface area (Å²) >= 11 is 0. The summed E-state index contributed by atoms with van der Waals surface area (Å²) in [5.74, 6) is 0.609. The number of aryl methyl sites for hydroxylation is 2. The van der Waals surface area contributed by atoms with Crippen molar-refractivity contribution >= 4 is 22.3 Å². The van der Waals surface area contributed by atoms with Gasteiger partial charge in [-0.15, -0.1) is 5.11 Å². The van der Waals surface area contributed by atoms with Crippen LogP contribution in [-0.4, -0.2) is 22.0 Å². The fourth-order valence-corrected chi connectivity index (χ4v) is 3.32. The standard InChI is InChI=1S/C22H20N4O5/c1-12-10-19(28)31-21-16(12)8-9-18(27)17(21)11-26-22(29)20(13(2)25-26)24-23-14-4-6-15(30-3)7-5-14/h4-10,25,27H,11H2,1-3H3. The summed E-state index contributed by atoms with van der Waals surface area (Å²) in [6.45, 7) is 3.45. The van der Waals surface area contributed by atoms with E-state index in [4.69, 9.17) is 9.15 Å². The lowest BCUT2D eigenvalue weighted by molar-refractivity contribution is 0.415. The molecule has 0 amide bonds. The van der Waals surface area contributed by atoms with E-state index in [1.165, 1.54) is 16.8 Å². The van der Waals surface area contributed by atoms with E-state index in [2.05, 4.69) is 15.3 Å². The van der Waals surface area contributed by atoms with Crippen LogP contribution in [-0.2, 0) is 6.54 Å². The Bertz CT molecular complexity index is 1410. The van der Waals surface area contributed by atoms with Gasteiger partial charge in [-0.1, -0.05) is 0 Å². The molecule has 0 spiro atoms. The molecule has 4 aromatic rings. The number of azo groups is 1. The molecule has 2 aromatic heterocycles. The van der Waals surface area contributed by atoms with Crippen molar-refractivity contribution in [2.45, 2.75) is 20.4 Å². The summed E-state index contributed by atoms with van der Waals surface area (Å²) in [5.41, 5.74) is 1.56. The van der Waals surface area contributed by atoms with E-state index in [0.29, 0.717) is 28.1 Å². The van der Waals surface area contributed by atoms with Crippen molar-refractivity contribution in [2.24, 2.45) is 10.2 Å². The Hall–Kier alpha value is -4.14. The molecule has 0 saturated heterocycles. The number of hydrogen-bond donors (Lipinski definition) is 2. The number of aromatic nitrogens is 2. The molecule has 2 heterocycles. The van der Waals surface area contributed by atoms with Gasteiger partial charge < -0.3 is 14.3 Å². The fourth-order valence-electron chi connectivity index (χ4n) is 3.32. The van der Waals surface area contributed by atoms with Gasteiger partial charge in [0.2, 0.25) is 0 Å². The third-order valence-corrected chi connectivity index (χ3v) is 4.96. The van der Waals surface area contributed by atoms with Gasteiger partial charge in [-0.05, 0) is 55.8 Å². The Balaban J connectivity index is 1.71. The SMILES string of the molecule is COc1ccc(N=Nc2c(C)[nH]n(Cc3c(O)ccc4c(C)cc(=O)oc34)c2=O)cc1. The second-order valence-electron chi connectivity index (χ2n) is 7.06. The van der Waals surface area contributed by atoms with Crippen LogP contribution in [0.2, 0.25) is 0 Å². The van der Waals surface area contributed by atoms with Crippen molar-refractivity contribution in [3.63, 3.8) is 0 Å². The number of aromatic hydroxyl groups is 1. The van der Waals surface area contributed by atoms with Crippen LogP contribution < -0.4 is 15.9 Å². The molecule has 4 rings (SSSR count). The number of rotatable bonds is 5. The van der Waals surface area contributed by atoms with E-state index < -0.39 is 11.2 Å². The van der Waals surface area contributed by atoms with Crippen LogP contribution in [0.1, 0.15) is 16.8 Å². The summed E-state index contributed by atoms with van der Waals surface area (Å²) in [5, 5.41) is 22.2. The zero-order valence-corrected chi connectivity index (χ0v) is 17.2. The molecule has 0 saturated carbocycles. The molecule has 2 aromatic carbocycles. The maximum Gasteiger partial charge on any atom is 0.336 e. The predicted octanol–water partition coefficient (Wildman–Crippen LogP) is 4.08. The highest BCUT2D eigenvalue weighted by atomic mass is 16.5. The second kappa shape index (κ2) is 7.94. The first-order chi connectivity index (χ1) is 14.9. The van der Waals surface area contributed by atoms with Gasteiger partial charge in [-0.25, -0.2) is 9.48 Å². The Morgan fingerprint density at radius 2 is 1.84 bits per heavy atom. The lowest BCUT2D eigenvalue weighted by Crippen LogP contribution is -2.17. The Kier molecular flexibility index (Phi) is 5.16. The molecule has 0 atom stereocenters. The van der Waals surface area contributed by atoms with E-state index >= 15 is 0 Å². The highest BCUT2D eigenvalue weighted by molar-refractivity contribution is 5.84. The van der Waals surface area contributed by atoms with Crippen molar-refractivity contribution in [3.8, 4) is 11.5 Å². The molecular weight excluding hydrogens is 400 g/mol. The van der Waals surface area contributed by atoms with E-state index in [-0.39, 0.29) is 23.6 Å². The zero-order chi connectivity index (χ0) is 22.1. The largest absolute Gasteiger partial charge is 0.507 e. The van der Waals surface area contributed by atoms with Crippen molar-refractivity contribution in [1.29, 1.82) is 0 Å². The summed E-state index contributed by atoms with van der Waals surface area (Å²) in [4.78, 5) is 24.7. The number of aromatic amines is 1. The van der Waals surface area contributed by atoms with E-state index in [0.717, 1.165) is 5.56 Å². The number of phenolic OH excluding ortho intramolecular Hbond substituents is 1. The predicted molar refractivity (Wildman–Crippen MR) is 115 cm³/mol. The molecule has 2 N–H and O–H groups in total. The lowest BCUT2D eigenvalue weighted by atomic mass is 10.1. The topological polar surface area (TPSA) is 122 Å². The molecule has 9 nitrogen and oxygen atoms in total. The minimum Gasteiger partial charge on any atom is -0.507 e. The van der Waals surface area contributed by atoms with Gasteiger partial charge in [-0.2, -0.15) is 5.11 Å². The number of phenols is 1. The van der Waals surface area contributed by atoms with Gasteiger partial charge in [-0.3, -0.25) is 9.89 Å². The first kappa shape index (κ1) is 20.1. The first-order valence-corrected chi connectivity index (χ1v) is 9.48. The molecule has 9 heteroatoms. The van der Waals surface area contributed by atoms with Gasteiger partial charge in [0.25, 0.3) is 5.56 Å². The van der Waals surface area contributed by atoms with E-state index in [1.807, 2.05) is 0 Å². The second-order valence-corrected chi connectivity index (χ2v) is 7.06. The molecule has 0 aliphatic carbocycles. The van der Waals surface area contributed by atoms with Gasteiger partial charge in [0, 0.05) is 11.5 Å². The quantitative estimate of drug-likeness (QED) is 0.372. The fraction of sp³-hybridized carbons (Fsp3) is 0.182. The molecule has 31 heavy (non-hydrogen) atoms. The van der Waals surface area contributed by atoms with Crippen molar-refractivity contribution in [3.05, 3.63) is 80.1 Å². The molecule has 0 unspecified atom stereocenters. The number of nitrogens with one attached hydrogen (secondary N) is 1. The summed E-state index contributed by atoms with van der Waals surface area (Å²) in [7, 11) is 1.57. The van der Waals surface area contributed by atoms with Crippen LogP contribution in [0.5, 0.6) is 11.5 Å². The molecular formula is C22H20N4O5. The molecule has 0 radical (unpaired) electrons. The smallest absolute Gasteiger partial charge is 0.336 e. The van der Waals surface area contributed by atoms with Gasteiger partial charge >= 0.3 is 5.63 Å². The van der Waals surface area contributed by atoms with Crippen LogP contribution in [0.4, 0.5) is 11.4 Å². The monoisotopic (exact) mass is 420 g/mol. The molecule has 0 fully saturated rings. The number of fused-ring (bicyclic) bond motifs is 1. The van der Waals surface area contributed by atoms with Gasteiger partial charge in [0.15, 0.2) is 5.69 Å². The minimum absolute atomic E-state index is 0.0344. The minimum atomic E-state index is -0.527. The molecule has 158 valence electrons. The molecule has 0 aliphatic heterocycles. The van der Waals surface area contributed by atoms with E-state index in [9.17, 15) is 14.7 Å². The summed E-state index contributed by atoms with van der Waals surface area (Å²) in [6, 6.07) is 11.5. The maximum atomic E-state index is 12.9. The van der Waals surface area contributed by atoms with E-state index in [1.54, 1.807) is 51.3 Å².